The summed E-state index contributed by atoms with van der Waals surface area (Å²) in [5.41, 5.74) is 0.631. The van der Waals surface area contributed by atoms with Crippen LogP contribution in [-0.4, -0.2) is 14.2 Å². The van der Waals surface area contributed by atoms with E-state index >= 15 is 0 Å². The zero-order valence-electron chi connectivity index (χ0n) is 11.5. The van der Waals surface area contributed by atoms with Crippen LogP contribution in [0, 0.1) is 17.5 Å². The zero-order valence-corrected chi connectivity index (χ0v) is 11.5. The maximum absolute atomic E-state index is 13.5. The van der Waals surface area contributed by atoms with Gasteiger partial charge in [0.25, 0.3) is 0 Å². The van der Waals surface area contributed by atoms with Crippen molar-refractivity contribution < 1.29 is 22.6 Å². The molecule has 0 saturated carbocycles. The second kappa shape index (κ2) is 6.39. The van der Waals surface area contributed by atoms with Crippen molar-refractivity contribution in [3.05, 3.63) is 53.3 Å². The van der Waals surface area contributed by atoms with Gasteiger partial charge in [-0.2, -0.15) is 0 Å². The molecule has 2 rings (SSSR count). The smallest absolute Gasteiger partial charge is 0.161 e. The maximum atomic E-state index is 13.5. The Hall–Kier alpha value is -2.37. The normalized spacial score (nSPS) is 10.3. The van der Waals surface area contributed by atoms with E-state index in [1.165, 1.54) is 14.2 Å². The van der Waals surface area contributed by atoms with E-state index in [0.717, 1.165) is 6.07 Å². The van der Waals surface area contributed by atoms with Crippen molar-refractivity contribution in [2.24, 2.45) is 0 Å². The fourth-order valence-corrected chi connectivity index (χ4v) is 1.81. The molecule has 0 aliphatic carbocycles. The Balaban J connectivity index is 2.18. The van der Waals surface area contributed by atoms with Gasteiger partial charge in [-0.1, -0.05) is 0 Å². The number of benzene rings is 2. The average Bonchev–Trinajstić information content (AvgIpc) is 2.49. The summed E-state index contributed by atoms with van der Waals surface area (Å²) >= 11 is 0. The molecule has 21 heavy (non-hydrogen) atoms. The van der Waals surface area contributed by atoms with E-state index in [4.69, 9.17) is 9.47 Å². The Bertz CT molecular complexity index is 625. The summed E-state index contributed by atoms with van der Waals surface area (Å²) in [6.45, 7) is -0.000640. The van der Waals surface area contributed by atoms with Crippen LogP contribution in [0.2, 0.25) is 0 Å². The van der Waals surface area contributed by atoms with Crippen molar-refractivity contribution in [3.63, 3.8) is 0 Å². The zero-order chi connectivity index (χ0) is 15.4. The van der Waals surface area contributed by atoms with Gasteiger partial charge in [0.05, 0.1) is 14.2 Å². The number of rotatable bonds is 5. The van der Waals surface area contributed by atoms with E-state index in [0.29, 0.717) is 23.3 Å². The SMILES string of the molecule is COc1cc(NCc2cc(F)c(F)cc2F)cc(OC)c1. The van der Waals surface area contributed by atoms with Crippen LogP contribution in [0.3, 0.4) is 0 Å². The molecule has 0 aliphatic heterocycles. The molecule has 2 aromatic rings. The van der Waals surface area contributed by atoms with E-state index < -0.39 is 17.5 Å². The summed E-state index contributed by atoms with van der Waals surface area (Å²) in [5.74, 6) is -1.99. The number of hydrogen-bond donors (Lipinski definition) is 1. The molecule has 2 aromatic carbocycles. The Morgan fingerprint density at radius 3 is 1.95 bits per heavy atom. The van der Waals surface area contributed by atoms with Gasteiger partial charge in [0, 0.05) is 42.1 Å². The standard InChI is InChI=1S/C15H14F3NO2/c1-20-11-4-10(5-12(6-11)21-2)19-8-9-3-14(17)15(18)7-13(9)16/h3-7,19H,8H2,1-2H3. The van der Waals surface area contributed by atoms with Gasteiger partial charge in [0.2, 0.25) is 0 Å². The van der Waals surface area contributed by atoms with Gasteiger partial charge >= 0.3 is 0 Å². The van der Waals surface area contributed by atoms with Crippen LogP contribution in [0.25, 0.3) is 0 Å². The molecule has 0 fully saturated rings. The van der Waals surface area contributed by atoms with Crippen molar-refractivity contribution in [2.75, 3.05) is 19.5 Å². The van der Waals surface area contributed by atoms with Gasteiger partial charge in [-0.05, 0) is 6.07 Å². The quantitative estimate of drug-likeness (QED) is 0.853. The third kappa shape index (κ3) is 3.59. The molecule has 0 heterocycles. The van der Waals surface area contributed by atoms with Crippen molar-refractivity contribution >= 4 is 5.69 Å². The van der Waals surface area contributed by atoms with Crippen LogP contribution in [-0.2, 0) is 6.54 Å². The van der Waals surface area contributed by atoms with E-state index in [2.05, 4.69) is 5.32 Å². The van der Waals surface area contributed by atoms with Crippen LogP contribution in [0.4, 0.5) is 18.9 Å². The first-order chi connectivity index (χ1) is 10.0. The van der Waals surface area contributed by atoms with Crippen molar-refractivity contribution in [2.45, 2.75) is 6.54 Å². The highest BCUT2D eigenvalue weighted by Gasteiger charge is 2.10. The topological polar surface area (TPSA) is 30.5 Å². The largest absolute Gasteiger partial charge is 0.497 e. The minimum atomic E-state index is -1.21. The number of halogens is 3. The fourth-order valence-electron chi connectivity index (χ4n) is 1.81. The number of anilines is 1. The highest BCUT2D eigenvalue weighted by molar-refractivity contribution is 5.54. The lowest BCUT2D eigenvalue weighted by atomic mass is 10.2. The molecule has 0 atom stereocenters. The average molecular weight is 297 g/mol. The molecule has 0 aliphatic rings. The Kier molecular flexibility index (Phi) is 4.57. The lowest BCUT2D eigenvalue weighted by molar-refractivity contribution is 0.394. The number of hydrogen-bond acceptors (Lipinski definition) is 3. The summed E-state index contributed by atoms with van der Waals surface area (Å²) < 4.78 is 49.7. The molecule has 3 nitrogen and oxygen atoms in total. The summed E-state index contributed by atoms with van der Waals surface area (Å²) in [7, 11) is 3.02. The van der Waals surface area contributed by atoms with Gasteiger partial charge in [-0.15, -0.1) is 0 Å². The number of nitrogens with one attached hydrogen (secondary N) is 1. The lowest BCUT2D eigenvalue weighted by Gasteiger charge is -2.11. The highest BCUT2D eigenvalue weighted by atomic mass is 19.2. The van der Waals surface area contributed by atoms with Crippen LogP contribution >= 0.6 is 0 Å². The van der Waals surface area contributed by atoms with E-state index in [9.17, 15) is 13.2 Å². The molecule has 6 heteroatoms. The lowest BCUT2D eigenvalue weighted by Crippen LogP contribution is -2.04. The van der Waals surface area contributed by atoms with Gasteiger partial charge in [0.1, 0.15) is 17.3 Å². The third-order valence-corrected chi connectivity index (χ3v) is 2.92. The fraction of sp³-hybridized carbons (Fsp3) is 0.200. The summed E-state index contributed by atoms with van der Waals surface area (Å²) in [6, 6.07) is 6.40. The predicted molar refractivity (Wildman–Crippen MR) is 73.2 cm³/mol. The second-order valence-corrected chi connectivity index (χ2v) is 4.31. The van der Waals surface area contributed by atoms with Crippen molar-refractivity contribution in [3.8, 4) is 11.5 Å². The molecule has 0 bridgehead atoms. The summed E-state index contributed by atoms with van der Waals surface area (Å²) in [6.07, 6.45) is 0. The van der Waals surface area contributed by atoms with Gasteiger partial charge in [-0.25, -0.2) is 13.2 Å². The minimum absolute atomic E-state index is 0.000640. The van der Waals surface area contributed by atoms with Crippen LogP contribution in [0.1, 0.15) is 5.56 Å². The van der Waals surface area contributed by atoms with Gasteiger partial charge in [-0.3, -0.25) is 0 Å². The number of methoxy groups -OCH3 is 2. The molecule has 0 amide bonds. The predicted octanol–water partition coefficient (Wildman–Crippen LogP) is 3.73. The third-order valence-electron chi connectivity index (χ3n) is 2.92. The summed E-state index contributed by atoms with van der Waals surface area (Å²) in [4.78, 5) is 0. The molecule has 0 spiro atoms. The molecule has 0 saturated heterocycles. The number of ether oxygens (including phenoxy) is 2. The highest BCUT2D eigenvalue weighted by Crippen LogP contribution is 2.26. The Labute approximate surface area is 120 Å². The molecule has 1 N–H and O–H groups in total. The Morgan fingerprint density at radius 2 is 1.38 bits per heavy atom. The van der Waals surface area contributed by atoms with Gasteiger partial charge < -0.3 is 14.8 Å². The molecular formula is C15H14F3NO2. The maximum Gasteiger partial charge on any atom is 0.161 e. The van der Waals surface area contributed by atoms with Crippen molar-refractivity contribution in [1.82, 2.24) is 0 Å². The monoisotopic (exact) mass is 297 g/mol. The molecule has 0 aromatic heterocycles. The molecular weight excluding hydrogens is 283 g/mol. The molecule has 0 unspecified atom stereocenters. The molecule has 0 radical (unpaired) electrons. The first kappa shape index (κ1) is 15.0. The van der Waals surface area contributed by atoms with Crippen LogP contribution in [0.5, 0.6) is 11.5 Å². The first-order valence-corrected chi connectivity index (χ1v) is 6.14. The van der Waals surface area contributed by atoms with E-state index in [-0.39, 0.29) is 12.1 Å². The van der Waals surface area contributed by atoms with E-state index in [1.807, 2.05) is 0 Å². The van der Waals surface area contributed by atoms with Gasteiger partial charge in [0.15, 0.2) is 11.6 Å². The minimum Gasteiger partial charge on any atom is -0.497 e. The van der Waals surface area contributed by atoms with E-state index in [1.54, 1.807) is 18.2 Å². The first-order valence-electron chi connectivity index (χ1n) is 6.14. The summed E-state index contributed by atoms with van der Waals surface area (Å²) in [5, 5.41) is 2.91. The molecule has 112 valence electrons. The Morgan fingerprint density at radius 1 is 0.810 bits per heavy atom. The van der Waals surface area contributed by atoms with Crippen LogP contribution < -0.4 is 14.8 Å². The van der Waals surface area contributed by atoms with Crippen LogP contribution in [0.15, 0.2) is 30.3 Å². The second-order valence-electron chi connectivity index (χ2n) is 4.31. The van der Waals surface area contributed by atoms with Crippen molar-refractivity contribution in [1.29, 1.82) is 0 Å².